The first-order valence-corrected chi connectivity index (χ1v) is 11.8. The molecule has 2 heterocycles. The van der Waals surface area contributed by atoms with Gasteiger partial charge in [-0.05, 0) is 74.4 Å². The van der Waals surface area contributed by atoms with Crippen molar-refractivity contribution in [3.63, 3.8) is 0 Å². The van der Waals surface area contributed by atoms with Crippen LogP contribution in [-0.2, 0) is 16.1 Å². The average molecular weight is 476 g/mol. The molecule has 0 saturated carbocycles. The molecule has 1 atom stereocenters. The Morgan fingerprint density at radius 3 is 2.56 bits per heavy atom. The second kappa shape index (κ2) is 10.1. The standard InChI is InChI=1S/C26H25N3O4S/c1-16-6-7-17(2)22(13-16)28-26-29(15-21-5-4-12-33-21)25(32)23(34-26)14-24(31)27-20-10-8-19(9-11-20)18(3)30/h4-13,23H,14-15H2,1-3H3,(H,27,31). The molecule has 4 rings (SSSR count). The molecule has 2 aromatic carbocycles. The Balaban J connectivity index is 1.53. The van der Waals surface area contributed by atoms with Gasteiger partial charge in [-0.1, -0.05) is 23.9 Å². The number of furan rings is 1. The van der Waals surface area contributed by atoms with Gasteiger partial charge in [-0.2, -0.15) is 0 Å². The van der Waals surface area contributed by atoms with Crippen LogP contribution in [0.5, 0.6) is 0 Å². The number of carbonyl (C=O) groups excluding carboxylic acids is 3. The monoisotopic (exact) mass is 475 g/mol. The summed E-state index contributed by atoms with van der Waals surface area (Å²) in [6.07, 6.45) is 1.56. The SMILES string of the molecule is CC(=O)c1ccc(NC(=O)CC2SC(=Nc3cc(C)ccc3C)N(Cc3ccco3)C2=O)cc1. The molecule has 174 valence electrons. The summed E-state index contributed by atoms with van der Waals surface area (Å²) in [6, 6.07) is 16.2. The molecule has 1 unspecified atom stereocenters. The van der Waals surface area contributed by atoms with Crippen LogP contribution in [0.25, 0.3) is 0 Å². The minimum absolute atomic E-state index is 0.00155. The summed E-state index contributed by atoms with van der Waals surface area (Å²) < 4.78 is 5.45. The van der Waals surface area contributed by atoms with Crippen LogP contribution < -0.4 is 5.32 Å². The van der Waals surface area contributed by atoms with Crippen molar-refractivity contribution in [1.29, 1.82) is 0 Å². The van der Waals surface area contributed by atoms with Gasteiger partial charge in [0.05, 0.1) is 18.5 Å². The molecule has 1 saturated heterocycles. The zero-order valence-electron chi connectivity index (χ0n) is 19.2. The van der Waals surface area contributed by atoms with E-state index in [-0.39, 0.29) is 30.6 Å². The van der Waals surface area contributed by atoms with E-state index in [1.165, 1.54) is 18.7 Å². The van der Waals surface area contributed by atoms with Gasteiger partial charge in [-0.15, -0.1) is 0 Å². The predicted molar refractivity (Wildman–Crippen MR) is 133 cm³/mol. The fourth-order valence-corrected chi connectivity index (χ4v) is 4.69. The van der Waals surface area contributed by atoms with Gasteiger partial charge < -0.3 is 9.73 Å². The quantitative estimate of drug-likeness (QED) is 0.471. The second-order valence-electron chi connectivity index (χ2n) is 8.18. The number of anilines is 1. The van der Waals surface area contributed by atoms with Crippen molar-refractivity contribution in [1.82, 2.24) is 4.90 Å². The highest BCUT2D eigenvalue weighted by Crippen LogP contribution is 2.34. The summed E-state index contributed by atoms with van der Waals surface area (Å²) >= 11 is 1.28. The van der Waals surface area contributed by atoms with E-state index in [0.29, 0.717) is 22.2 Å². The minimum atomic E-state index is -0.602. The lowest BCUT2D eigenvalue weighted by atomic mass is 10.1. The highest BCUT2D eigenvalue weighted by atomic mass is 32.2. The first-order chi connectivity index (χ1) is 16.3. The van der Waals surface area contributed by atoms with Crippen LogP contribution in [0.15, 0.2) is 70.3 Å². The molecule has 1 aromatic heterocycles. The molecule has 1 aliphatic rings. The highest BCUT2D eigenvalue weighted by molar-refractivity contribution is 8.15. The zero-order valence-corrected chi connectivity index (χ0v) is 20.0. The lowest BCUT2D eigenvalue weighted by molar-refractivity contribution is -0.128. The van der Waals surface area contributed by atoms with Gasteiger partial charge in [0, 0.05) is 17.7 Å². The average Bonchev–Trinajstić information content (AvgIpc) is 3.41. The Morgan fingerprint density at radius 1 is 1.12 bits per heavy atom. The van der Waals surface area contributed by atoms with Gasteiger partial charge >= 0.3 is 0 Å². The molecule has 0 bridgehead atoms. The molecule has 1 fully saturated rings. The first-order valence-electron chi connectivity index (χ1n) is 10.9. The normalized spacial score (nSPS) is 16.8. The number of nitrogens with zero attached hydrogens (tertiary/aromatic N) is 2. The lowest BCUT2D eigenvalue weighted by Gasteiger charge is -2.15. The van der Waals surface area contributed by atoms with Crippen LogP contribution >= 0.6 is 11.8 Å². The van der Waals surface area contributed by atoms with Gasteiger partial charge in [0.2, 0.25) is 11.8 Å². The zero-order chi connectivity index (χ0) is 24.2. The number of hydrogen-bond acceptors (Lipinski definition) is 6. The number of rotatable bonds is 7. The predicted octanol–water partition coefficient (Wildman–Crippen LogP) is 5.26. The Labute approximate surface area is 202 Å². The van der Waals surface area contributed by atoms with Crippen molar-refractivity contribution in [2.24, 2.45) is 4.99 Å². The van der Waals surface area contributed by atoms with E-state index in [9.17, 15) is 14.4 Å². The molecule has 0 spiro atoms. The largest absolute Gasteiger partial charge is 0.467 e. The number of aryl methyl sites for hydroxylation is 2. The van der Waals surface area contributed by atoms with Gasteiger partial charge in [0.15, 0.2) is 11.0 Å². The molecule has 34 heavy (non-hydrogen) atoms. The molecule has 0 radical (unpaired) electrons. The van der Waals surface area contributed by atoms with E-state index >= 15 is 0 Å². The van der Waals surface area contributed by atoms with Gasteiger partial charge in [0.25, 0.3) is 0 Å². The summed E-state index contributed by atoms with van der Waals surface area (Å²) in [6.45, 7) is 5.70. The first kappa shape index (κ1) is 23.5. The number of Topliss-reactive ketones (excluding diaryl/α,β-unsaturated/α-hetero) is 1. The molecule has 2 amide bonds. The summed E-state index contributed by atoms with van der Waals surface area (Å²) in [5.74, 6) is 0.122. The summed E-state index contributed by atoms with van der Waals surface area (Å²) in [5, 5.41) is 2.74. The second-order valence-corrected chi connectivity index (χ2v) is 9.35. The third kappa shape index (κ3) is 5.46. The van der Waals surface area contributed by atoms with Gasteiger partial charge in [-0.25, -0.2) is 4.99 Å². The van der Waals surface area contributed by atoms with E-state index in [4.69, 9.17) is 9.41 Å². The maximum Gasteiger partial charge on any atom is 0.243 e. The van der Waals surface area contributed by atoms with Crippen molar-refractivity contribution >= 4 is 45.9 Å². The van der Waals surface area contributed by atoms with E-state index < -0.39 is 5.25 Å². The summed E-state index contributed by atoms with van der Waals surface area (Å²) in [4.78, 5) is 43.7. The molecule has 8 heteroatoms. The highest BCUT2D eigenvalue weighted by Gasteiger charge is 2.39. The van der Waals surface area contributed by atoms with E-state index in [2.05, 4.69) is 5.32 Å². The van der Waals surface area contributed by atoms with Gasteiger partial charge in [-0.3, -0.25) is 19.3 Å². The number of amidine groups is 1. The van der Waals surface area contributed by atoms with E-state index in [0.717, 1.165) is 16.8 Å². The topological polar surface area (TPSA) is 92.0 Å². The van der Waals surface area contributed by atoms with Crippen molar-refractivity contribution in [3.05, 3.63) is 83.3 Å². The minimum Gasteiger partial charge on any atom is -0.467 e. The van der Waals surface area contributed by atoms with Crippen LogP contribution in [0, 0.1) is 13.8 Å². The fraction of sp³-hybridized carbons (Fsp3) is 0.231. The molecule has 7 nitrogen and oxygen atoms in total. The maximum atomic E-state index is 13.3. The van der Waals surface area contributed by atoms with Crippen molar-refractivity contribution in [3.8, 4) is 0 Å². The number of ketones is 1. The van der Waals surface area contributed by atoms with Crippen LogP contribution in [-0.4, -0.2) is 32.9 Å². The number of aliphatic imine (C=N–C) groups is 1. The van der Waals surface area contributed by atoms with Crippen LogP contribution in [0.2, 0.25) is 0 Å². The number of amides is 2. The Bertz CT molecular complexity index is 1250. The van der Waals surface area contributed by atoms with Crippen molar-refractivity contribution in [2.75, 3.05) is 5.32 Å². The molecular formula is C26H25N3O4S. The molecule has 1 N–H and O–H groups in total. The Morgan fingerprint density at radius 2 is 1.88 bits per heavy atom. The third-order valence-electron chi connectivity index (χ3n) is 5.44. The van der Waals surface area contributed by atoms with Crippen LogP contribution in [0.4, 0.5) is 11.4 Å². The van der Waals surface area contributed by atoms with E-state index in [1.54, 1.807) is 47.6 Å². The Kier molecular flexibility index (Phi) is 6.98. The Hall–Kier alpha value is -3.65. The van der Waals surface area contributed by atoms with Crippen LogP contribution in [0.3, 0.4) is 0 Å². The molecular weight excluding hydrogens is 450 g/mol. The maximum absolute atomic E-state index is 13.3. The third-order valence-corrected chi connectivity index (χ3v) is 6.62. The summed E-state index contributed by atoms with van der Waals surface area (Å²) in [7, 11) is 0. The van der Waals surface area contributed by atoms with Crippen LogP contribution in [0.1, 0.15) is 40.6 Å². The molecule has 3 aromatic rings. The summed E-state index contributed by atoms with van der Waals surface area (Å²) in [5.41, 5.74) is 4.00. The molecule has 1 aliphatic heterocycles. The number of hydrogen-bond donors (Lipinski definition) is 1. The van der Waals surface area contributed by atoms with Gasteiger partial charge in [0.1, 0.15) is 11.0 Å². The van der Waals surface area contributed by atoms with Crippen molar-refractivity contribution < 1.29 is 18.8 Å². The molecule has 0 aliphatic carbocycles. The van der Waals surface area contributed by atoms with Crippen molar-refractivity contribution in [2.45, 2.75) is 39.0 Å². The lowest BCUT2D eigenvalue weighted by Crippen LogP contribution is -2.33. The fourth-order valence-electron chi connectivity index (χ4n) is 3.54. The smallest absolute Gasteiger partial charge is 0.243 e. The number of thioether (sulfide) groups is 1. The number of carbonyl (C=O) groups is 3. The number of nitrogens with one attached hydrogen (secondary N) is 1. The van der Waals surface area contributed by atoms with E-state index in [1.807, 2.05) is 32.0 Å². The number of benzene rings is 2.